The van der Waals surface area contributed by atoms with Gasteiger partial charge in [-0.3, -0.25) is 24.5 Å². The summed E-state index contributed by atoms with van der Waals surface area (Å²) in [6, 6.07) is 10.7. The number of rotatable bonds is 7. The van der Waals surface area contributed by atoms with Crippen molar-refractivity contribution in [1.29, 1.82) is 0 Å². The highest BCUT2D eigenvalue weighted by Crippen LogP contribution is 2.28. The standard InChI is InChI=1S/C26H29ClN4O4/c1-15(2)30(19-6-4-16(3)21(27)11-19)14-24(33)28-12-17-5-7-20-18(10-17)13-31(26(20)35)22-8-9-23(32)29-25(22)34/h4-7,10-11,15,22H,8-9,12-14H2,1-3H3,(H,28,33)(H,29,32,34). The summed E-state index contributed by atoms with van der Waals surface area (Å²) in [4.78, 5) is 52.7. The third-order valence-electron chi connectivity index (χ3n) is 6.50. The van der Waals surface area contributed by atoms with Crippen molar-refractivity contribution in [2.45, 2.75) is 58.8 Å². The van der Waals surface area contributed by atoms with Gasteiger partial charge in [0.25, 0.3) is 5.91 Å². The zero-order valence-corrected chi connectivity index (χ0v) is 20.8. The van der Waals surface area contributed by atoms with E-state index < -0.39 is 11.9 Å². The summed E-state index contributed by atoms with van der Waals surface area (Å²) in [5.41, 5.74) is 4.09. The largest absolute Gasteiger partial charge is 0.360 e. The fourth-order valence-corrected chi connectivity index (χ4v) is 4.66. The third-order valence-corrected chi connectivity index (χ3v) is 6.91. The zero-order valence-electron chi connectivity index (χ0n) is 20.1. The molecule has 9 heteroatoms. The number of carbonyl (C=O) groups is 4. The highest BCUT2D eigenvalue weighted by molar-refractivity contribution is 6.31. The van der Waals surface area contributed by atoms with Gasteiger partial charge in [-0.05, 0) is 62.1 Å². The SMILES string of the molecule is Cc1ccc(N(CC(=O)NCc2ccc3c(c2)CN(C2CCC(=O)NC2=O)C3=O)C(C)C)cc1Cl. The van der Waals surface area contributed by atoms with Crippen molar-refractivity contribution in [3.05, 3.63) is 63.7 Å². The number of anilines is 1. The molecule has 1 unspecified atom stereocenters. The fourth-order valence-electron chi connectivity index (χ4n) is 4.48. The Morgan fingerprint density at radius 1 is 1.20 bits per heavy atom. The molecule has 0 aromatic heterocycles. The van der Waals surface area contributed by atoms with E-state index in [1.165, 1.54) is 4.90 Å². The Hall–Kier alpha value is -3.39. The maximum Gasteiger partial charge on any atom is 0.255 e. The van der Waals surface area contributed by atoms with Crippen LogP contribution in [0.2, 0.25) is 5.02 Å². The van der Waals surface area contributed by atoms with Crippen molar-refractivity contribution in [1.82, 2.24) is 15.5 Å². The molecule has 0 radical (unpaired) electrons. The second-order valence-corrected chi connectivity index (χ2v) is 9.73. The number of piperidine rings is 1. The highest BCUT2D eigenvalue weighted by atomic mass is 35.5. The first-order chi connectivity index (χ1) is 16.6. The van der Waals surface area contributed by atoms with Gasteiger partial charge in [0.15, 0.2) is 0 Å². The van der Waals surface area contributed by atoms with Crippen molar-refractivity contribution in [3.8, 4) is 0 Å². The number of nitrogens with one attached hydrogen (secondary N) is 2. The lowest BCUT2D eigenvalue weighted by atomic mass is 10.0. The predicted octanol–water partition coefficient (Wildman–Crippen LogP) is 2.94. The second kappa shape index (κ2) is 10.1. The van der Waals surface area contributed by atoms with Gasteiger partial charge in [-0.25, -0.2) is 0 Å². The minimum absolute atomic E-state index is 0.101. The number of imide groups is 1. The number of amides is 4. The molecule has 2 heterocycles. The highest BCUT2D eigenvalue weighted by Gasteiger charge is 2.39. The fraction of sp³-hybridized carbons (Fsp3) is 0.385. The average molecular weight is 497 g/mol. The van der Waals surface area contributed by atoms with Crippen LogP contribution in [0.15, 0.2) is 36.4 Å². The average Bonchev–Trinajstić information content (AvgIpc) is 3.13. The molecule has 0 aliphatic carbocycles. The van der Waals surface area contributed by atoms with Crippen LogP contribution in [0.1, 0.15) is 53.7 Å². The molecule has 35 heavy (non-hydrogen) atoms. The normalized spacial score (nSPS) is 17.5. The lowest BCUT2D eigenvalue weighted by Gasteiger charge is -2.29. The van der Waals surface area contributed by atoms with Gasteiger partial charge in [0.2, 0.25) is 17.7 Å². The molecule has 0 bridgehead atoms. The van der Waals surface area contributed by atoms with E-state index in [2.05, 4.69) is 10.6 Å². The van der Waals surface area contributed by atoms with Crippen LogP contribution >= 0.6 is 11.6 Å². The van der Waals surface area contributed by atoms with Crippen molar-refractivity contribution in [2.75, 3.05) is 11.4 Å². The second-order valence-electron chi connectivity index (χ2n) is 9.32. The first-order valence-electron chi connectivity index (χ1n) is 11.7. The van der Waals surface area contributed by atoms with E-state index in [-0.39, 0.29) is 36.7 Å². The number of hydrogen-bond donors (Lipinski definition) is 2. The van der Waals surface area contributed by atoms with E-state index >= 15 is 0 Å². The van der Waals surface area contributed by atoms with Crippen LogP contribution in [0.5, 0.6) is 0 Å². The van der Waals surface area contributed by atoms with Gasteiger partial charge in [0.1, 0.15) is 6.04 Å². The maximum absolute atomic E-state index is 12.8. The van der Waals surface area contributed by atoms with Gasteiger partial charge in [0.05, 0.1) is 6.54 Å². The van der Waals surface area contributed by atoms with Gasteiger partial charge in [-0.1, -0.05) is 29.8 Å². The summed E-state index contributed by atoms with van der Waals surface area (Å²) < 4.78 is 0. The molecule has 2 aromatic carbocycles. The molecule has 1 saturated heterocycles. The number of nitrogens with zero attached hydrogens (tertiary/aromatic N) is 2. The van der Waals surface area contributed by atoms with Crippen molar-refractivity contribution < 1.29 is 19.2 Å². The summed E-state index contributed by atoms with van der Waals surface area (Å²) in [6.07, 6.45) is 0.544. The van der Waals surface area contributed by atoms with Crippen molar-refractivity contribution in [2.24, 2.45) is 0 Å². The first-order valence-corrected chi connectivity index (χ1v) is 12.1. The number of aryl methyl sites for hydroxylation is 1. The summed E-state index contributed by atoms with van der Waals surface area (Å²) in [6.45, 7) is 6.78. The number of hydrogen-bond acceptors (Lipinski definition) is 5. The molecule has 2 N–H and O–H groups in total. The molecule has 1 fully saturated rings. The predicted molar refractivity (Wildman–Crippen MR) is 133 cm³/mol. The molecule has 184 valence electrons. The molecule has 2 aliphatic rings. The topological polar surface area (TPSA) is 98.8 Å². The molecule has 0 saturated carbocycles. The Labute approximate surface area is 209 Å². The van der Waals surface area contributed by atoms with Gasteiger partial charge in [-0.2, -0.15) is 0 Å². The molecule has 8 nitrogen and oxygen atoms in total. The molecule has 4 rings (SSSR count). The number of fused-ring (bicyclic) bond motifs is 1. The van der Waals surface area contributed by atoms with Crippen LogP contribution in [0.25, 0.3) is 0 Å². The van der Waals surface area contributed by atoms with Crippen molar-refractivity contribution in [3.63, 3.8) is 0 Å². The van der Waals surface area contributed by atoms with Gasteiger partial charge >= 0.3 is 0 Å². The summed E-state index contributed by atoms with van der Waals surface area (Å²) in [5.74, 6) is -1.08. The quantitative estimate of drug-likeness (QED) is 0.574. The Balaban J connectivity index is 1.38. The van der Waals surface area contributed by atoms with E-state index in [1.807, 2.05) is 56.0 Å². The lowest BCUT2D eigenvalue weighted by molar-refractivity contribution is -0.137. The number of halogens is 1. The van der Waals surface area contributed by atoms with Crippen LogP contribution in [-0.4, -0.2) is 47.2 Å². The summed E-state index contributed by atoms with van der Waals surface area (Å²) >= 11 is 6.28. The molecule has 1 atom stereocenters. The number of carbonyl (C=O) groups excluding carboxylic acids is 4. The van der Waals surface area contributed by atoms with Gasteiger partial charge in [0, 0.05) is 41.8 Å². The van der Waals surface area contributed by atoms with Crippen LogP contribution < -0.4 is 15.5 Å². The molecule has 4 amide bonds. The summed E-state index contributed by atoms with van der Waals surface area (Å²) in [7, 11) is 0. The van der Waals surface area contributed by atoms with Gasteiger partial charge < -0.3 is 15.1 Å². The van der Waals surface area contributed by atoms with E-state index in [0.717, 1.165) is 22.4 Å². The zero-order chi connectivity index (χ0) is 25.3. The Bertz CT molecular complexity index is 1200. The van der Waals surface area contributed by atoms with Crippen LogP contribution in [-0.2, 0) is 27.5 Å². The Morgan fingerprint density at radius 2 is 1.97 bits per heavy atom. The first kappa shape index (κ1) is 24.7. The molecule has 0 spiro atoms. The molecule has 2 aromatic rings. The number of benzene rings is 2. The van der Waals surface area contributed by atoms with E-state index in [0.29, 0.717) is 30.1 Å². The Morgan fingerprint density at radius 3 is 2.66 bits per heavy atom. The van der Waals surface area contributed by atoms with Crippen LogP contribution in [0.3, 0.4) is 0 Å². The molecular weight excluding hydrogens is 468 g/mol. The smallest absolute Gasteiger partial charge is 0.255 e. The van der Waals surface area contributed by atoms with E-state index in [9.17, 15) is 19.2 Å². The van der Waals surface area contributed by atoms with Crippen LogP contribution in [0.4, 0.5) is 5.69 Å². The molecular formula is C26H29ClN4O4. The van der Waals surface area contributed by atoms with Gasteiger partial charge in [-0.15, -0.1) is 0 Å². The monoisotopic (exact) mass is 496 g/mol. The maximum atomic E-state index is 12.8. The lowest BCUT2D eigenvalue weighted by Crippen LogP contribution is -2.52. The van der Waals surface area contributed by atoms with Crippen LogP contribution in [0, 0.1) is 6.92 Å². The van der Waals surface area contributed by atoms with E-state index in [4.69, 9.17) is 11.6 Å². The minimum Gasteiger partial charge on any atom is -0.360 e. The molecule has 2 aliphatic heterocycles. The Kier molecular flexibility index (Phi) is 7.12. The van der Waals surface area contributed by atoms with Crippen molar-refractivity contribution >= 4 is 40.9 Å². The summed E-state index contributed by atoms with van der Waals surface area (Å²) in [5, 5.41) is 5.92. The van der Waals surface area contributed by atoms with E-state index in [1.54, 1.807) is 6.07 Å². The third kappa shape index (κ3) is 5.32. The minimum atomic E-state index is -0.645.